The summed E-state index contributed by atoms with van der Waals surface area (Å²) in [6.45, 7) is 9.38. The minimum Gasteiger partial charge on any atom is -0.394 e. The maximum atomic E-state index is 12.2. The van der Waals surface area contributed by atoms with E-state index in [1.807, 2.05) is 0 Å². The van der Waals surface area contributed by atoms with Gasteiger partial charge in [-0.15, -0.1) is 0 Å². The van der Waals surface area contributed by atoms with Gasteiger partial charge in [-0.25, -0.2) is 0 Å². The third-order valence-electron chi connectivity index (χ3n) is 3.49. The highest BCUT2D eigenvalue weighted by atomic mass is 16.3. The van der Waals surface area contributed by atoms with Crippen LogP contribution < -0.4 is 5.32 Å². The van der Waals surface area contributed by atoms with Gasteiger partial charge in [-0.05, 0) is 18.3 Å². The van der Waals surface area contributed by atoms with Crippen molar-refractivity contribution in [3.05, 3.63) is 0 Å². The van der Waals surface area contributed by atoms with Crippen molar-refractivity contribution in [1.82, 2.24) is 10.2 Å². The number of rotatable bonds is 7. The van der Waals surface area contributed by atoms with Gasteiger partial charge in [0.1, 0.15) is 0 Å². The average molecular weight is 284 g/mol. The lowest BCUT2D eigenvalue weighted by Crippen LogP contribution is -2.42. The summed E-state index contributed by atoms with van der Waals surface area (Å²) in [6, 6.07) is -0.211. The van der Waals surface area contributed by atoms with Crippen LogP contribution in [0.3, 0.4) is 0 Å². The van der Waals surface area contributed by atoms with Crippen molar-refractivity contribution >= 4 is 11.8 Å². The number of aliphatic hydroxyl groups excluding tert-OH is 1. The molecule has 116 valence electrons. The van der Waals surface area contributed by atoms with Crippen LogP contribution in [0.4, 0.5) is 0 Å². The molecule has 0 aromatic rings. The Labute approximate surface area is 121 Å². The van der Waals surface area contributed by atoms with E-state index >= 15 is 0 Å². The molecule has 0 radical (unpaired) electrons. The van der Waals surface area contributed by atoms with E-state index in [1.54, 1.807) is 4.90 Å². The average Bonchev–Trinajstić information content (AvgIpc) is 2.68. The lowest BCUT2D eigenvalue weighted by Gasteiger charge is -2.21. The normalized spacial score (nSPS) is 20.9. The fraction of sp³-hybridized carbons (Fsp3) is 0.867. The maximum absolute atomic E-state index is 12.2. The van der Waals surface area contributed by atoms with Crippen LogP contribution in [0, 0.1) is 17.8 Å². The monoisotopic (exact) mass is 284 g/mol. The fourth-order valence-electron chi connectivity index (χ4n) is 2.63. The summed E-state index contributed by atoms with van der Waals surface area (Å²) in [6.07, 6.45) is 1.04. The molecule has 5 nitrogen and oxygen atoms in total. The second kappa shape index (κ2) is 7.62. The van der Waals surface area contributed by atoms with Gasteiger partial charge in [-0.1, -0.05) is 27.7 Å². The summed E-state index contributed by atoms with van der Waals surface area (Å²) in [5.74, 6) is 0.497. The molecule has 0 aromatic heterocycles. The number of amides is 2. The fourth-order valence-corrected chi connectivity index (χ4v) is 2.63. The van der Waals surface area contributed by atoms with Gasteiger partial charge in [0, 0.05) is 19.5 Å². The van der Waals surface area contributed by atoms with Crippen LogP contribution in [-0.4, -0.2) is 47.6 Å². The number of hydrogen-bond acceptors (Lipinski definition) is 3. The summed E-state index contributed by atoms with van der Waals surface area (Å²) in [4.78, 5) is 25.8. The first kappa shape index (κ1) is 17.0. The minimum atomic E-state index is -0.275. The first-order valence-corrected chi connectivity index (χ1v) is 7.52. The smallest absolute Gasteiger partial charge is 0.225 e. The van der Waals surface area contributed by atoms with Crippen molar-refractivity contribution < 1.29 is 14.7 Å². The van der Waals surface area contributed by atoms with Crippen LogP contribution in [-0.2, 0) is 9.59 Å². The van der Waals surface area contributed by atoms with Crippen molar-refractivity contribution in [3.63, 3.8) is 0 Å². The highest BCUT2D eigenvalue weighted by molar-refractivity contribution is 5.89. The van der Waals surface area contributed by atoms with Gasteiger partial charge in [-0.3, -0.25) is 9.59 Å². The molecule has 0 saturated carbocycles. The second-order valence-electron chi connectivity index (χ2n) is 6.61. The molecular weight excluding hydrogens is 256 g/mol. The Morgan fingerprint density at radius 2 is 2.00 bits per heavy atom. The standard InChI is InChI=1S/C15H28N2O3/c1-10(2)5-13(9-18)16-15(20)12-6-14(19)17(8-12)7-11(3)4/h10-13,18H,5-9H2,1-4H3,(H,16,20). The molecule has 0 aromatic carbocycles. The lowest BCUT2D eigenvalue weighted by molar-refractivity contribution is -0.129. The molecule has 5 heteroatoms. The van der Waals surface area contributed by atoms with Crippen LogP contribution in [0.2, 0.25) is 0 Å². The van der Waals surface area contributed by atoms with Crippen molar-refractivity contribution in [3.8, 4) is 0 Å². The maximum Gasteiger partial charge on any atom is 0.225 e. The Morgan fingerprint density at radius 1 is 1.35 bits per heavy atom. The van der Waals surface area contributed by atoms with Crippen molar-refractivity contribution in [2.75, 3.05) is 19.7 Å². The third-order valence-corrected chi connectivity index (χ3v) is 3.49. The van der Waals surface area contributed by atoms with Crippen molar-refractivity contribution in [2.45, 2.75) is 46.6 Å². The van der Waals surface area contributed by atoms with Gasteiger partial charge in [-0.2, -0.15) is 0 Å². The van der Waals surface area contributed by atoms with Gasteiger partial charge in [0.25, 0.3) is 0 Å². The molecule has 2 atom stereocenters. The molecule has 1 aliphatic heterocycles. The SMILES string of the molecule is CC(C)CC(CO)NC(=O)C1CC(=O)N(CC(C)C)C1. The number of nitrogens with zero attached hydrogens (tertiary/aromatic N) is 1. The van der Waals surface area contributed by atoms with E-state index in [0.29, 0.717) is 31.3 Å². The van der Waals surface area contributed by atoms with E-state index in [1.165, 1.54) is 0 Å². The minimum absolute atomic E-state index is 0.0553. The van der Waals surface area contributed by atoms with E-state index in [2.05, 4.69) is 33.0 Å². The zero-order chi connectivity index (χ0) is 15.3. The summed E-state index contributed by atoms with van der Waals surface area (Å²) >= 11 is 0. The lowest BCUT2D eigenvalue weighted by atomic mass is 10.0. The van der Waals surface area contributed by atoms with Gasteiger partial charge < -0.3 is 15.3 Å². The number of likely N-dealkylation sites (tertiary alicyclic amines) is 1. The molecule has 0 bridgehead atoms. The van der Waals surface area contributed by atoms with E-state index in [4.69, 9.17) is 0 Å². The zero-order valence-electron chi connectivity index (χ0n) is 13.1. The highest BCUT2D eigenvalue weighted by Gasteiger charge is 2.35. The molecular formula is C15H28N2O3. The number of aliphatic hydroxyl groups is 1. The molecule has 1 fully saturated rings. The molecule has 0 spiro atoms. The van der Waals surface area contributed by atoms with Crippen LogP contribution in [0.5, 0.6) is 0 Å². The van der Waals surface area contributed by atoms with Gasteiger partial charge >= 0.3 is 0 Å². The van der Waals surface area contributed by atoms with Crippen LogP contribution in [0.15, 0.2) is 0 Å². The summed E-state index contributed by atoms with van der Waals surface area (Å²) in [5.41, 5.74) is 0. The van der Waals surface area contributed by atoms with E-state index in [0.717, 1.165) is 6.42 Å². The van der Waals surface area contributed by atoms with Crippen molar-refractivity contribution in [2.24, 2.45) is 17.8 Å². The molecule has 1 heterocycles. The molecule has 0 aliphatic carbocycles. The Kier molecular flexibility index (Phi) is 6.46. The molecule has 2 N–H and O–H groups in total. The van der Waals surface area contributed by atoms with Gasteiger partial charge in [0.2, 0.25) is 11.8 Å². The van der Waals surface area contributed by atoms with E-state index in [9.17, 15) is 14.7 Å². The molecule has 2 unspecified atom stereocenters. The van der Waals surface area contributed by atoms with Gasteiger partial charge in [0.15, 0.2) is 0 Å². The topological polar surface area (TPSA) is 69.6 Å². The van der Waals surface area contributed by atoms with Crippen molar-refractivity contribution in [1.29, 1.82) is 0 Å². The largest absolute Gasteiger partial charge is 0.394 e. The Balaban J connectivity index is 2.50. The Bertz CT molecular complexity index is 342. The predicted molar refractivity (Wildman–Crippen MR) is 78.0 cm³/mol. The molecule has 20 heavy (non-hydrogen) atoms. The number of carbonyl (C=O) groups excluding carboxylic acids is 2. The van der Waals surface area contributed by atoms with Crippen LogP contribution in [0.25, 0.3) is 0 Å². The number of carbonyl (C=O) groups is 2. The zero-order valence-corrected chi connectivity index (χ0v) is 13.1. The first-order valence-electron chi connectivity index (χ1n) is 7.52. The summed E-state index contributed by atoms with van der Waals surface area (Å²) < 4.78 is 0. The molecule has 1 aliphatic rings. The molecule has 1 rings (SSSR count). The van der Waals surface area contributed by atoms with E-state index < -0.39 is 0 Å². The third kappa shape index (κ3) is 5.12. The second-order valence-corrected chi connectivity index (χ2v) is 6.61. The predicted octanol–water partition coefficient (Wildman–Crippen LogP) is 1.01. The van der Waals surface area contributed by atoms with Crippen LogP contribution in [0.1, 0.15) is 40.5 Å². The summed E-state index contributed by atoms with van der Waals surface area (Å²) in [7, 11) is 0. The summed E-state index contributed by atoms with van der Waals surface area (Å²) in [5, 5.41) is 12.2. The first-order chi connectivity index (χ1) is 9.33. The highest BCUT2D eigenvalue weighted by Crippen LogP contribution is 2.19. The van der Waals surface area contributed by atoms with E-state index in [-0.39, 0.29) is 30.4 Å². The molecule has 1 saturated heterocycles. The number of hydrogen-bond donors (Lipinski definition) is 2. The molecule has 2 amide bonds. The quantitative estimate of drug-likeness (QED) is 0.733. The van der Waals surface area contributed by atoms with Gasteiger partial charge in [0.05, 0.1) is 18.6 Å². The Morgan fingerprint density at radius 3 is 2.50 bits per heavy atom. The van der Waals surface area contributed by atoms with Crippen LogP contribution >= 0.6 is 0 Å². The Hall–Kier alpha value is -1.10. The number of nitrogens with one attached hydrogen (secondary N) is 1.